The van der Waals surface area contributed by atoms with Gasteiger partial charge in [0.2, 0.25) is 0 Å². The van der Waals surface area contributed by atoms with Gasteiger partial charge in [-0.3, -0.25) is 10.1 Å². The van der Waals surface area contributed by atoms with Gasteiger partial charge in [0.15, 0.2) is 5.01 Å². The van der Waals surface area contributed by atoms with Crippen molar-refractivity contribution in [3.8, 4) is 11.5 Å². The first-order valence-electron chi connectivity index (χ1n) is 7.06. The number of aromatic nitrogens is 3. The van der Waals surface area contributed by atoms with Gasteiger partial charge >= 0.3 is 6.01 Å². The predicted molar refractivity (Wildman–Crippen MR) is 97.3 cm³/mol. The molecule has 0 saturated carbocycles. The number of hydrogen-bond donors (Lipinski definition) is 1. The van der Waals surface area contributed by atoms with Crippen molar-refractivity contribution in [1.29, 1.82) is 0 Å². The largest absolute Gasteiger partial charge is 0.403 e. The number of benzene rings is 2. The molecule has 6 nitrogen and oxygen atoms in total. The van der Waals surface area contributed by atoms with Gasteiger partial charge in [0, 0.05) is 5.02 Å². The Morgan fingerprint density at radius 1 is 1.12 bits per heavy atom. The van der Waals surface area contributed by atoms with Crippen molar-refractivity contribution >= 4 is 56.7 Å². The molecule has 2 aromatic carbocycles. The van der Waals surface area contributed by atoms with Crippen LogP contribution in [0.4, 0.5) is 6.01 Å². The van der Waals surface area contributed by atoms with E-state index in [-0.39, 0.29) is 11.9 Å². The maximum Gasteiger partial charge on any atom is 0.322 e. The highest BCUT2D eigenvalue weighted by Gasteiger charge is 2.17. The number of nitrogens with zero attached hydrogens (tertiary/aromatic N) is 3. The maximum absolute atomic E-state index is 12.3. The van der Waals surface area contributed by atoms with Gasteiger partial charge in [-0.2, -0.15) is 0 Å². The fourth-order valence-electron chi connectivity index (χ4n) is 2.17. The van der Waals surface area contributed by atoms with E-state index in [0.29, 0.717) is 20.6 Å². The molecule has 0 radical (unpaired) electrons. The third-order valence-electron chi connectivity index (χ3n) is 3.30. The number of carbonyl (C=O) groups is 1. The zero-order valence-electron chi connectivity index (χ0n) is 12.4. The lowest BCUT2D eigenvalue weighted by molar-refractivity contribution is 0.102. The van der Waals surface area contributed by atoms with Gasteiger partial charge in [-0.15, -0.1) is 16.4 Å². The molecule has 0 fully saturated rings. The van der Waals surface area contributed by atoms with Crippen molar-refractivity contribution in [1.82, 2.24) is 15.2 Å². The van der Waals surface area contributed by atoms with Gasteiger partial charge in [-0.1, -0.05) is 40.4 Å². The zero-order valence-corrected chi connectivity index (χ0v) is 14.7. The average molecular weight is 391 g/mol. The van der Waals surface area contributed by atoms with E-state index >= 15 is 0 Å². The number of nitrogens with one attached hydrogen (secondary N) is 1. The summed E-state index contributed by atoms with van der Waals surface area (Å²) in [5, 5.41) is 11.4. The van der Waals surface area contributed by atoms with Crippen LogP contribution in [-0.4, -0.2) is 21.1 Å². The van der Waals surface area contributed by atoms with Crippen LogP contribution in [0.3, 0.4) is 0 Å². The lowest BCUT2D eigenvalue weighted by Crippen LogP contribution is -2.11. The van der Waals surface area contributed by atoms with Crippen LogP contribution in [0.5, 0.6) is 0 Å². The number of carbonyl (C=O) groups excluding carboxylic acids is 1. The zero-order chi connectivity index (χ0) is 17.4. The maximum atomic E-state index is 12.3. The summed E-state index contributed by atoms with van der Waals surface area (Å²) in [6, 6.07) is 12.4. The SMILES string of the molecule is O=C(Nc1nnc(-c2ccc(Cl)cc2Cl)o1)c1nc2ccccc2s1. The van der Waals surface area contributed by atoms with Gasteiger partial charge in [0.25, 0.3) is 11.8 Å². The number of fused-ring (bicyclic) bond motifs is 1. The van der Waals surface area contributed by atoms with Crippen molar-refractivity contribution < 1.29 is 9.21 Å². The quantitative estimate of drug-likeness (QED) is 0.537. The van der Waals surface area contributed by atoms with Crippen LogP contribution in [0.25, 0.3) is 21.7 Å². The smallest absolute Gasteiger partial charge is 0.322 e. The molecule has 4 aromatic rings. The van der Waals surface area contributed by atoms with Crippen LogP contribution < -0.4 is 5.32 Å². The molecule has 0 aliphatic heterocycles. The van der Waals surface area contributed by atoms with E-state index in [2.05, 4.69) is 20.5 Å². The van der Waals surface area contributed by atoms with Gasteiger partial charge in [0.1, 0.15) is 0 Å². The number of rotatable bonds is 3. The number of thiazole rings is 1. The molecule has 0 aliphatic carbocycles. The summed E-state index contributed by atoms with van der Waals surface area (Å²) >= 11 is 13.3. The first kappa shape index (κ1) is 16.0. The molecular weight excluding hydrogens is 383 g/mol. The van der Waals surface area contributed by atoms with E-state index in [1.54, 1.807) is 18.2 Å². The summed E-state index contributed by atoms with van der Waals surface area (Å²) in [5.74, 6) is -0.236. The minimum atomic E-state index is -0.418. The van der Waals surface area contributed by atoms with Crippen molar-refractivity contribution in [2.24, 2.45) is 0 Å². The summed E-state index contributed by atoms with van der Waals surface area (Å²) < 4.78 is 6.37. The summed E-state index contributed by atoms with van der Waals surface area (Å²) in [5.41, 5.74) is 1.29. The monoisotopic (exact) mass is 390 g/mol. The van der Waals surface area contributed by atoms with Crippen molar-refractivity contribution in [2.75, 3.05) is 5.32 Å². The fourth-order valence-corrected chi connectivity index (χ4v) is 3.52. The van der Waals surface area contributed by atoms with E-state index in [1.165, 1.54) is 11.3 Å². The molecular formula is C16H8Cl2N4O2S. The van der Waals surface area contributed by atoms with Gasteiger partial charge in [-0.25, -0.2) is 4.98 Å². The Kier molecular flexibility index (Phi) is 4.12. The molecule has 2 aromatic heterocycles. The molecule has 0 aliphatic rings. The molecule has 9 heteroatoms. The van der Waals surface area contributed by atoms with Crippen LogP contribution in [0.1, 0.15) is 9.80 Å². The summed E-state index contributed by atoms with van der Waals surface area (Å²) in [7, 11) is 0. The standard InChI is InChI=1S/C16H8Cl2N4O2S/c17-8-5-6-9(10(18)7-8)14-21-22-16(24-14)20-13(23)15-19-11-3-1-2-4-12(11)25-15/h1-7H,(H,20,22,23). The second-order valence-corrected chi connectivity index (χ2v) is 6.85. The second-order valence-electron chi connectivity index (χ2n) is 4.98. The molecule has 2 heterocycles. The minimum absolute atomic E-state index is 0.0368. The van der Waals surface area contributed by atoms with Crippen molar-refractivity contribution in [3.63, 3.8) is 0 Å². The van der Waals surface area contributed by atoms with E-state index in [0.717, 1.165) is 10.2 Å². The summed E-state index contributed by atoms with van der Waals surface area (Å²) in [6.07, 6.45) is 0. The number of hydrogen-bond acceptors (Lipinski definition) is 6. The third-order valence-corrected chi connectivity index (χ3v) is 4.88. The Labute approximate surface area is 155 Å². The molecule has 0 spiro atoms. The number of amides is 1. The predicted octanol–water partition coefficient (Wildman–Crippen LogP) is 4.91. The van der Waals surface area contributed by atoms with Crippen LogP contribution in [0.15, 0.2) is 46.9 Å². The van der Waals surface area contributed by atoms with Crippen LogP contribution in [0, 0.1) is 0 Å². The van der Waals surface area contributed by atoms with E-state index < -0.39 is 5.91 Å². The first-order chi connectivity index (χ1) is 12.1. The Balaban J connectivity index is 1.57. The number of anilines is 1. The minimum Gasteiger partial charge on any atom is -0.403 e. The highest BCUT2D eigenvalue weighted by atomic mass is 35.5. The van der Waals surface area contributed by atoms with Gasteiger partial charge in [-0.05, 0) is 30.3 Å². The highest BCUT2D eigenvalue weighted by Crippen LogP contribution is 2.30. The van der Waals surface area contributed by atoms with Crippen molar-refractivity contribution in [2.45, 2.75) is 0 Å². The average Bonchev–Trinajstić information content (AvgIpc) is 3.21. The van der Waals surface area contributed by atoms with Crippen LogP contribution in [0.2, 0.25) is 10.0 Å². The fraction of sp³-hybridized carbons (Fsp3) is 0. The molecule has 1 N–H and O–H groups in total. The van der Waals surface area contributed by atoms with Crippen LogP contribution in [-0.2, 0) is 0 Å². The van der Waals surface area contributed by atoms with Gasteiger partial charge < -0.3 is 4.42 Å². The van der Waals surface area contributed by atoms with E-state index in [9.17, 15) is 4.79 Å². The molecule has 0 bridgehead atoms. The van der Waals surface area contributed by atoms with E-state index in [1.807, 2.05) is 24.3 Å². The molecule has 0 saturated heterocycles. The lowest BCUT2D eigenvalue weighted by Gasteiger charge is -1.99. The second kappa shape index (κ2) is 6.44. The Morgan fingerprint density at radius 2 is 1.96 bits per heavy atom. The normalized spacial score (nSPS) is 11.0. The van der Waals surface area contributed by atoms with E-state index in [4.69, 9.17) is 27.6 Å². The Hall–Kier alpha value is -2.48. The molecule has 4 rings (SSSR count). The molecule has 25 heavy (non-hydrogen) atoms. The Morgan fingerprint density at radius 3 is 2.76 bits per heavy atom. The number of halogens is 2. The topological polar surface area (TPSA) is 80.9 Å². The summed E-state index contributed by atoms with van der Waals surface area (Å²) in [6.45, 7) is 0. The van der Waals surface area contributed by atoms with Crippen molar-refractivity contribution in [3.05, 3.63) is 57.5 Å². The molecule has 0 unspecified atom stereocenters. The Bertz CT molecular complexity index is 1060. The number of para-hydroxylation sites is 1. The highest BCUT2D eigenvalue weighted by molar-refractivity contribution is 7.20. The lowest BCUT2D eigenvalue weighted by atomic mass is 10.2. The molecule has 1 amide bonds. The third kappa shape index (κ3) is 3.21. The van der Waals surface area contributed by atoms with Gasteiger partial charge in [0.05, 0.1) is 20.8 Å². The summed E-state index contributed by atoms with van der Waals surface area (Å²) in [4.78, 5) is 16.6. The van der Waals surface area contributed by atoms with Crippen LogP contribution >= 0.6 is 34.5 Å². The molecule has 0 atom stereocenters. The molecule has 124 valence electrons. The first-order valence-corrected chi connectivity index (χ1v) is 8.63.